The first kappa shape index (κ1) is 6.71. The van der Waals surface area contributed by atoms with Crippen LogP contribution in [0.1, 0.15) is 20.3 Å². The highest BCUT2D eigenvalue weighted by Crippen LogP contribution is 2.31. The van der Waals surface area contributed by atoms with Gasteiger partial charge in [-0.05, 0) is 31.9 Å². The third-order valence-electron chi connectivity index (χ3n) is 2.45. The Labute approximate surface area is 67.5 Å². The SMILES string of the molecule is CC1=CCC2C(C)=CNC2=C1. The summed E-state index contributed by atoms with van der Waals surface area (Å²) in [6, 6.07) is 0. The van der Waals surface area contributed by atoms with Crippen LogP contribution in [-0.4, -0.2) is 0 Å². The highest BCUT2D eigenvalue weighted by atomic mass is 14.9. The number of hydrogen-bond acceptors (Lipinski definition) is 1. The van der Waals surface area contributed by atoms with Gasteiger partial charge in [-0.2, -0.15) is 0 Å². The molecule has 0 aromatic carbocycles. The Morgan fingerprint density at radius 2 is 2.27 bits per heavy atom. The zero-order chi connectivity index (χ0) is 7.84. The van der Waals surface area contributed by atoms with E-state index in [4.69, 9.17) is 0 Å². The second kappa shape index (κ2) is 2.26. The summed E-state index contributed by atoms with van der Waals surface area (Å²) < 4.78 is 0. The normalized spacial score (nSPS) is 28.2. The lowest BCUT2D eigenvalue weighted by atomic mass is 9.91. The van der Waals surface area contributed by atoms with Crippen molar-refractivity contribution in [2.45, 2.75) is 20.3 Å². The van der Waals surface area contributed by atoms with Gasteiger partial charge >= 0.3 is 0 Å². The highest BCUT2D eigenvalue weighted by molar-refractivity contribution is 5.37. The Hall–Kier alpha value is -0.980. The van der Waals surface area contributed by atoms with Crippen molar-refractivity contribution in [3.8, 4) is 0 Å². The van der Waals surface area contributed by atoms with E-state index in [1.807, 2.05) is 0 Å². The van der Waals surface area contributed by atoms with E-state index in [1.54, 1.807) is 0 Å². The van der Waals surface area contributed by atoms with Gasteiger partial charge < -0.3 is 5.32 Å². The monoisotopic (exact) mass is 147 g/mol. The number of nitrogens with one attached hydrogen (secondary N) is 1. The molecule has 1 atom stereocenters. The molecule has 0 fully saturated rings. The summed E-state index contributed by atoms with van der Waals surface area (Å²) in [4.78, 5) is 0. The van der Waals surface area contributed by atoms with Gasteiger partial charge in [0, 0.05) is 17.8 Å². The maximum absolute atomic E-state index is 3.30. The second-order valence-corrected chi connectivity index (χ2v) is 3.37. The van der Waals surface area contributed by atoms with E-state index in [0.29, 0.717) is 5.92 Å². The smallest absolute Gasteiger partial charge is 0.0249 e. The number of hydrogen-bond donors (Lipinski definition) is 1. The summed E-state index contributed by atoms with van der Waals surface area (Å²) in [6.07, 6.45) is 7.83. The Bertz CT molecular complexity index is 269. The Morgan fingerprint density at radius 1 is 1.45 bits per heavy atom. The molecule has 11 heavy (non-hydrogen) atoms. The molecule has 0 spiro atoms. The van der Waals surface area contributed by atoms with Gasteiger partial charge in [0.05, 0.1) is 0 Å². The lowest BCUT2D eigenvalue weighted by Crippen LogP contribution is -2.10. The molecule has 1 aliphatic heterocycles. The molecule has 0 amide bonds. The van der Waals surface area contributed by atoms with E-state index >= 15 is 0 Å². The lowest BCUT2D eigenvalue weighted by molar-refractivity contribution is 0.714. The van der Waals surface area contributed by atoms with Crippen molar-refractivity contribution in [1.29, 1.82) is 0 Å². The maximum atomic E-state index is 3.30. The molecule has 0 aromatic rings. The summed E-state index contributed by atoms with van der Waals surface area (Å²) in [7, 11) is 0. The Balaban J connectivity index is 2.29. The predicted molar refractivity (Wildman–Crippen MR) is 46.8 cm³/mol. The molecule has 0 aromatic heterocycles. The quantitative estimate of drug-likeness (QED) is 0.554. The van der Waals surface area contributed by atoms with E-state index in [-0.39, 0.29) is 0 Å². The fourth-order valence-electron chi connectivity index (χ4n) is 1.71. The van der Waals surface area contributed by atoms with E-state index in [9.17, 15) is 0 Å². The van der Waals surface area contributed by atoms with Crippen molar-refractivity contribution in [2.75, 3.05) is 0 Å². The summed E-state index contributed by atoms with van der Waals surface area (Å²) in [5.74, 6) is 0.652. The first-order valence-electron chi connectivity index (χ1n) is 4.09. The first-order valence-corrected chi connectivity index (χ1v) is 4.09. The number of allylic oxidation sites excluding steroid dienone is 4. The van der Waals surface area contributed by atoms with Gasteiger partial charge in [0.15, 0.2) is 0 Å². The highest BCUT2D eigenvalue weighted by Gasteiger charge is 2.21. The zero-order valence-corrected chi connectivity index (χ0v) is 7.02. The Morgan fingerprint density at radius 3 is 3.09 bits per heavy atom. The van der Waals surface area contributed by atoms with Crippen LogP contribution in [0.15, 0.2) is 35.2 Å². The molecule has 1 unspecified atom stereocenters. The van der Waals surface area contributed by atoms with Crippen LogP contribution in [0.4, 0.5) is 0 Å². The van der Waals surface area contributed by atoms with Gasteiger partial charge in [-0.25, -0.2) is 0 Å². The van der Waals surface area contributed by atoms with Crippen molar-refractivity contribution in [3.63, 3.8) is 0 Å². The minimum atomic E-state index is 0.652. The molecule has 1 aliphatic carbocycles. The summed E-state index contributed by atoms with van der Waals surface area (Å²) >= 11 is 0. The van der Waals surface area contributed by atoms with Gasteiger partial charge in [-0.1, -0.05) is 11.6 Å². The van der Waals surface area contributed by atoms with Crippen molar-refractivity contribution >= 4 is 0 Å². The summed E-state index contributed by atoms with van der Waals surface area (Å²) in [6.45, 7) is 4.34. The third kappa shape index (κ3) is 1.01. The largest absolute Gasteiger partial charge is 0.365 e. The van der Waals surface area contributed by atoms with Crippen LogP contribution in [0.25, 0.3) is 0 Å². The molecule has 2 rings (SSSR count). The molecule has 1 nitrogen and oxygen atoms in total. The average molecular weight is 147 g/mol. The van der Waals surface area contributed by atoms with E-state index in [1.165, 1.54) is 23.3 Å². The average Bonchev–Trinajstić information content (AvgIpc) is 2.32. The van der Waals surface area contributed by atoms with Crippen molar-refractivity contribution < 1.29 is 0 Å². The molecular formula is C10H13N. The minimum Gasteiger partial charge on any atom is -0.365 e. The molecule has 0 bridgehead atoms. The number of fused-ring (bicyclic) bond motifs is 1. The molecule has 0 saturated heterocycles. The van der Waals surface area contributed by atoms with Crippen LogP contribution >= 0.6 is 0 Å². The van der Waals surface area contributed by atoms with E-state index < -0.39 is 0 Å². The fourth-order valence-corrected chi connectivity index (χ4v) is 1.71. The minimum absolute atomic E-state index is 0.652. The molecule has 58 valence electrons. The van der Waals surface area contributed by atoms with E-state index in [0.717, 1.165) is 0 Å². The van der Waals surface area contributed by atoms with Crippen LogP contribution < -0.4 is 5.32 Å². The van der Waals surface area contributed by atoms with Gasteiger partial charge in [-0.15, -0.1) is 0 Å². The van der Waals surface area contributed by atoms with E-state index in [2.05, 4.69) is 37.5 Å². The van der Waals surface area contributed by atoms with Gasteiger partial charge in [0.1, 0.15) is 0 Å². The van der Waals surface area contributed by atoms with Crippen LogP contribution in [-0.2, 0) is 0 Å². The Kier molecular flexibility index (Phi) is 1.38. The van der Waals surface area contributed by atoms with Crippen molar-refractivity contribution in [1.82, 2.24) is 5.32 Å². The summed E-state index contributed by atoms with van der Waals surface area (Å²) in [5.41, 5.74) is 4.22. The van der Waals surface area contributed by atoms with Gasteiger partial charge in [-0.3, -0.25) is 0 Å². The molecule has 2 aliphatic rings. The van der Waals surface area contributed by atoms with Crippen LogP contribution in [0.3, 0.4) is 0 Å². The topological polar surface area (TPSA) is 12.0 Å². The van der Waals surface area contributed by atoms with Crippen molar-refractivity contribution in [2.24, 2.45) is 5.92 Å². The van der Waals surface area contributed by atoms with Crippen molar-refractivity contribution in [3.05, 3.63) is 35.2 Å². The third-order valence-corrected chi connectivity index (χ3v) is 2.45. The first-order chi connectivity index (χ1) is 5.27. The van der Waals surface area contributed by atoms with Crippen LogP contribution in [0.5, 0.6) is 0 Å². The molecular weight excluding hydrogens is 134 g/mol. The zero-order valence-electron chi connectivity index (χ0n) is 7.02. The number of rotatable bonds is 0. The van der Waals surface area contributed by atoms with Crippen LogP contribution in [0.2, 0.25) is 0 Å². The summed E-state index contributed by atoms with van der Waals surface area (Å²) in [5, 5.41) is 3.30. The maximum Gasteiger partial charge on any atom is 0.0249 e. The lowest BCUT2D eigenvalue weighted by Gasteiger charge is -2.16. The standard InChI is InChI=1S/C10H13N/c1-7-3-4-9-8(2)6-11-10(9)5-7/h3,5-6,9,11H,4H2,1-2H3. The molecule has 0 radical (unpaired) electrons. The van der Waals surface area contributed by atoms with Crippen LogP contribution in [0, 0.1) is 5.92 Å². The molecule has 0 saturated carbocycles. The molecule has 1 heterocycles. The predicted octanol–water partition coefficient (Wildman–Crippen LogP) is 2.34. The van der Waals surface area contributed by atoms with Gasteiger partial charge in [0.2, 0.25) is 0 Å². The molecule has 1 N–H and O–H groups in total. The molecule has 1 heteroatoms. The fraction of sp³-hybridized carbons (Fsp3) is 0.400. The second-order valence-electron chi connectivity index (χ2n) is 3.37. The van der Waals surface area contributed by atoms with Gasteiger partial charge in [0.25, 0.3) is 0 Å².